The third-order valence-electron chi connectivity index (χ3n) is 6.68. The quantitative estimate of drug-likeness (QED) is 0.579. The van der Waals surface area contributed by atoms with Gasteiger partial charge in [0, 0.05) is 51.5 Å². The number of ether oxygens (including phenoxy) is 1. The van der Waals surface area contributed by atoms with Crippen LogP contribution in [-0.4, -0.2) is 85.2 Å². The summed E-state index contributed by atoms with van der Waals surface area (Å²) in [4.78, 5) is 44.0. The third-order valence-corrected chi connectivity index (χ3v) is 6.68. The van der Waals surface area contributed by atoms with Crippen LogP contribution in [-0.2, 0) is 9.53 Å². The molecule has 0 aliphatic carbocycles. The molecule has 2 aliphatic rings. The van der Waals surface area contributed by atoms with Crippen molar-refractivity contribution in [1.82, 2.24) is 25.3 Å². The second kappa shape index (κ2) is 11.6. The second-order valence-electron chi connectivity index (χ2n) is 9.46. The van der Waals surface area contributed by atoms with Crippen molar-refractivity contribution in [3.63, 3.8) is 0 Å². The fourth-order valence-electron chi connectivity index (χ4n) is 4.66. The largest absolute Gasteiger partial charge is 0.463 e. The minimum atomic E-state index is -0.594. The van der Waals surface area contributed by atoms with E-state index in [0.717, 1.165) is 5.56 Å². The Bertz CT molecular complexity index is 959. The van der Waals surface area contributed by atoms with Crippen molar-refractivity contribution in [3.8, 4) is 0 Å². The first-order valence-corrected chi connectivity index (χ1v) is 12.5. The van der Waals surface area contributed by atoms with Gasteiger partial charge in [-0.15, -0.1) is 0 Å². The Morgan fingerprint density at radius 2 is 1.86 bits per heavy atom. The molecule has 4 amide bonds. The van der Waals surface area contributed by atoms with Gasteiger partial charge in [0.15, 0.2) is 0 Å². The maximum absolute atomic E-state index is 13.2. The van der Waals surface area contributed by atoms with Crippen LogP contribution in [0.1, 0.15) is 57.7 Å². The molecule has 0 bridgehead atoms. The number of nitrogens with one attached hydrogen (secondary N) is 2. The van der Waals surface area contributed by atoms with E-state index in [1.54, 1.807) is 14.0 Å². The Balaban J connectivity index is 1.93. The lowest BCUT2D eigenvalue weighted by molar-refractivity contribution is -0.139. The molecule has 35 heavy (non-hydrogen) atoms. The Morgan fingerprint density at radius 3 is 2.43 bits per heavy atom. The average Bonchev–Trinajstić information content (AvgIpc) is 2.82. The molecular weight excluding hydrogens is 446 g/mol. The van der Waals surface area contributed by atoms with E-state index in [9.17, 15) is 14.4 Å². The summed E-state index contributed by atoms with van der Waals surface area (Å²) in [5.41, 5.74) is 3.11. The van der Waals surface area contributed by atoms with Crippen molar-refractivity contribution in [2.45, 2.75) is 52.6 Å². The first-order chi connectivity index (χ1) is 16.7. The molecule has 1 aromatic rings. The van der Waals surface area contributed by atoms with Crippen LogP contribution in [0.3, 0.4) is 0 Å². The molecule has 3 rings (SSSR count). The smallest absolute Gasteiger partial charge is 0.338 e. The molecular formula is C26H39N5O4. The fourth-order valence-corrected chi connectivity index (χ4v) is 4.66. The molecule has 1 fully saturated rings. The van der Waals surface area contributed by atoms with Gasteiger partial charge in [0.2, 0.25) is 0 Å². The average molecular weight is 486 g/mol. The predicted molar refractivity (Wildman–Crippen MR) is 135 cm³/mol. The van der Waals surface area contributed by atoms with Gasteiger partial charge >= 0.3 is 18.0 Å². The number of urea groups is 2. The lowest BCUT2D eigenvalue weighted by Gasteiger charge is -2.42. The number of piperazine rings is 1. The lowest BCUT2D eigenvalue weighted by atomic mass is 9.92. The van der Waals surface area contributed by atoms with Gasteiger partial charge in [-0.1, -0.05) is 38.1 Å². The summed E-state index contributed by atoms with van der Waals surface area (Å²) < 4.78 is 5.44. The molecule has 192 valence electrons. The number of carbonyl (C=O) groups excluding carboxylic acids is 3. The van der Waals surface area contributed by atoms with Gasteiger partial charge in [-0.2, -0.15) is 0 Å². The van der Waals surface area contributed by atoms with Crippen LogP contribution in [0.4, 0.5) is 9.59 Å². The Labute approximate surface area is 208 Å². The Morgan fingerprint density at radius 1 is 1.17 bits per heavy atom. The molecule has 1 saturated heterocycles. The highest BCUT2D eigenvalue weighted by atomic mass is 16.5. The minimum absolute atomic E-state index is 0.00374. The van der Waals surface area contributed by atoms with E-state index in [0.29, 0.717) is 49.9 Å². The molecule has 0 spiro atoms. The molecule has 0 saturated carbocycles. The van der Waals surface area contributed by atoms with Crippen molar-refractivity contribution >= 4 is 18.0 Å². The van der Waals surface area contributed by atoms with E-state index in [4.69, 9.17) is 4.74 Å². The Kier molecular flexibility index (Phi) is 8.77. The number of benzene rings is 1. The van der Waals surface area contributed by atoms with Gasteiger partial charge in [0.05, 0.1) is 18.2 Å². The lowest BCUT2D eigenvalue weighted by Crippen LogP contribution is -2.57. The highest BCUT2D eigenvalue weighted by molar-refractivity contribution is 5.95. The van der Waals surface area contributed by atoms with Crippen molar-refractivity contribution in [3.05, 3.63) is 46.7 Å². The van der Waals surface area contributed by atoms with Gasteiger partial charge in [-0.05, 0) is 37.8 Å². The van der Waals surface area contributed by atoms with Crippen LogP contribution in [0.5, 0.6) is 0 Å². The van der Waals surface area contributed by atoms with Crippen molar-refractivity contribution < 1.29 is 19.1 Å². The number of carbonyl (C=O) groups is 3. The van der Waals surface area contributed by atoms with Crippen LogP contribution in [0.25, 0.3) is 0 Å². The van der Waals surface area contributed by atoms with Gasteiger partial charge in [0.25, 0.3) is 0 Å². The summed E-state index contributed by atoms with van der Waals surface area (Å²) in [7, 11) is 1.68. The first-order valence-electron chi connectivity index (χ1n) is 12.5. The summed E-state index contributed by atoms with van der Waals surface area (Å²) in [5.74, 6) is -0.0480. The number of nitrogens with zero attached hydrogens (tertiary/aromatic N) is 3. The van der Waals surface area contributed by atoms with Crippen LogP contribution in [0.15, 0.2) is 35.5 Å². The zero-order valence-electron chi connectivity index (χ0n) is 21.8. The summed E-state index contributed by atoms with van der Waals surface area (Å²) >= 11 is 0. The molecule has 2 aliphatic heterocycles. The monoisotopic (exact) mass is 485 g/mol. The van der Waals surface area contributed by atoms with Crippen molar-refractivity contribution in [2.24, 2.45) is 0 Å². The van der Waals surface area contributed by atoms with Crippen LogP contribution < -0.4 is 10.6 Å². The van der Waals surface area contributed by atoms with Crippen molar-refractivity contribution in [2.75, 3.05) is 46.4 Å². The fraction of sp³-hybridized carbons (Fsp3) is 0.577. The standard InChI is InChI=1S/C26H39N5O4/c1-7-27-25(33)31-14-13-30(15-18(31)5)16-21-22(24(32)35-8-2)23(28-26(34)29(21)6)20-11-9-19(10-12-20)17(3)4/h9-12,17-18,23H,7-8,13-16H2,1-6H3,(H,27,33)(H,28,34). The topological polar surface area (TPSA) is 94.2 Å². The normalized spacial score (nSPS) is 21.3. The number of hydrogen-bond acceptors (Lipinski definition) is 5. The third kappa shape index (κ3) is 5.96. The number of rotatable bonds is 7. The number of amides is 4. The summed E-state index contributed by atoms with van der Waals surface area (Å²) in [6.45, 7) is 13.0. The van der Waals surface area contributed by atoms with Crippen LogP contribution in [0, 0.1) is 0 Å². The van der Waals surface area contributed by atoms with Gasteiger partial charge in [-0.3, -0.25) is 9.80 Å². The van der Waals surface area contributed by atoms with Crippen LogP contribution in [0.2, 0.25) is 0 Å². The first kappa shape index (κ1) is 26.5. The Hall–Kier alpha value is -3.07. The molecule has 0 aromatic heterocycles. The molecule has 1 aromatic carbocycles. The molecule has 2 heterocycles. The van der Waals surface area contributed by atoms with E-state index in [-0.39, 0.29) is 24.7 Å². The van der Waals surface area contributed by atoms with Crippen LogP contribution >= 0.6 is 0 Å². The van der Waals surface area contributed by atoms with Gasteiger partial charge in [-0.25, -0.2) is 14.4 Å². The molecule has 2 atom stereocenters. The summed E-state index contributed by atoms with van der Waals surface area (Å²) in [5, 5.41) is 5.84. The van der Waals surface area contributed by atoms with E-state index < -0.39 is 12.0 Å². The van der Waals surface area contributed by atoms with E-state index in [2.05, 4.69) is 29.4 Å². The predicted octanol–water partition coefficient (Wildman–Crippen LogP) is 3.06. The van der Waals surface area contributed by atoms with Gasteiger partial charge in [0.1, 0.15) is 0 Å². The summed E-state index contributed by atoms with van der Waals surface area (Å²) in [6.07, 6.45) is 0. The van der Waals surface area contributed by atoms with E-state index in [1.807, 2.05) is 43.0 Å². The maximum Gasteiger partial charge on any atom is 0.338 e. The highest BCUT2D eigenvalue weighted by Crippen LogP contribution is 2.32. The zero-order chi connectivity index (χ0) is 25.7. The highest BCUT2D eigenvalue weighted by Gasteiger charge is 2.38. The maximum atomic E-state index is 13.2. The molecule has 2 N–H and O–H groups in total. The second-order valence-corrected chi connectivity index (χ2v) is 9.46. The SMILES string of the molecule is CCNC(=O)N1CCN(CC2=C(C(=O)OCC)C(c3ccc(C(C)C)cc3)NC(=O)N2C)CC1C. The number of hydrogen-bond donors (Lipinski definition) is 2. The summed E-state index contributed by atoms with van der Waals surface area (Å²) in [6, 6.07) is 7.09. The molecule has 0 radical (unpaired) electrons. The molecule has 9 heteroatoms. The number of likely N-dealkylation sites (N-methyl/N-ethyl adjacent to an activating group) is 1. The van der Waals surface area contributed by atoms with Gasteiger partial charge < -0.3 is 20.3 Å². The number of esters is 1. The van der Waals surface area contributed by atoms with E-state index in [1.165, 1.54) is 10.5 Å². The van der Waals surface area contributed by atoms with Crippen molar-refractivity contribution in [1.29, 1.82) is 0 Å². The molecule has 9 nitrogen and oxygen atoms in total. The van der Waals surface area contributed by atoms with E-state index >= 15 is 0 Å². The zero-order valence-corrected chi connectivity index (χ0v) is 21.8. The molecule has 2 unspecified atom stereocenters. The minimum Gasteiger partial charge on any atom is -0.463 e.